The molecule has 1 amide bonds. The van der Waals surface area contributed by atoms with Crippen molar-refractivity contribution in [1.82, 2.24) is 5.32 Å². The molecular weight excluding hydrogens is 815 g/mol. The van der Waals surface area contributed by atoms with Crippen molar-refractivity contribution in [2.24, 2.45) is 0 Å². The Kier molecular flexibility index (Phi) is 54.5. The monoisotopic (exact) mass is 930 g/mol. The fraction of sp³-hybridized carbons (Fsp3) is 0.900. The summed E-state index contributed by atoms with van der Waals surface area (Å²) in [6.45, 7) is 4.92. The maximum absolute atomic E-state index is 12.5. The number of ether oxygens (including phenoxy) is 1. The number of aliphatic hydroxyl groups excluding tert-OH is 2. The standard InChI is InChI=1S/C60H115NO5/c1-3-5-7-9-11-13-15-17-18-19-20-21-22-23-26-29-32-36-40-44-48-52-58(63)57(56-62)61-59(64)53-49-45-41-37-33-30-27-24-25-28-31-35-39-43-47-51-55-66-60(65)54-50-46-42-38-34-16-14-12-10-8-6-4-2/h12,14,24,27,57-58,62-63H,3-11,13,15-23,25-26,28-56H2,1-2H3,(H,61,64)/b14-12-,27-24-. The molecule has 0 aliphatic rings. The molecule has 0 aliphatic heterocycles. The first-order valence-corrected chi connectivity index (χ1v) is 29.6. The molecule has 0 fully saturated rings. The van der Waals surface area contributed by atoms with Crippen LogP contribution in [-0.2, 0) is 14.3 Å². The van der Waals surface area contributed by atoms with Crippen LogP contribution in [0.25, 0.3) is 0 Å². The summed E-state index contributed by atoms with van der Waals surface area (Å²) in [7, 11) is 0. The van der Waals surface area contributed by atoms with Crippen LogP contribution in [0.5, 0.6) is 0 Å². The Balaban J connectivity index is 3.47. The molecule has 0 saturated heterocycles. The molecule has 2 atom stereocenters. The maximum atomic E-state index is 12.5. The molecule has 0 heterocycles. The van der Waals surface area contributed by atoms with Gasteiger partial charge in [0.15, 0.2) is 0 Å². The van der Waals surface area contributed by atoms with E-state index in [1.807, 2.05) is 0 Å². The summed E-state index contributed by atoms with van der Waals surface area (Å²) in [5.74, 6) is -0.0620. The Morgan fingerprint density at radius 3 is 1.11 bits per heavy atom. The second-order valence-electron chi connectivity index (χ2n) is 20.3. The van der Waals surface area contributed by atoms with Crippen molar-refractivity contribution < 1.29 is 24.5 Å². The second-order valence-corrected chi connectivity index (χ2v) is 20.3. The number of allylic oxidation sites excluding steroid dienone is 4. The predicted molar refractivity (Wildman–Crippen MR) is 287 cm³/mol. The van der Waals surface area contributed by atoms with Gasteiger partial charge in [0.05, 0.1) is 25.4 Å². The van der Waals surface area contributed by atoms with E-state index in [0.29, 0.717) is 25.9 Å². The lowest BCUT2D eigenvalue weighted by Gasteiger charge is -2.22. The zero-order chi connectivity index (χ0) is 47.9. The van der Waals surface area contributed by atoms with Crippen LogP contribution in [-0.4, -0.2) is 47.4 Å². The molecule has 0 aromatic carbocycles. The van der Waals surface area contributed by atoms with E-state index in [2.05, 4.69) is 43.5 Å². The highest BCUT2D eigenvalue weighted by Crippen LogP contribution is 2.17. The van der Waals surface area contributed by atoms with Gasteiger partial charge < -0.3 is 20.3 Å². The third-order valence-electron chi connectivity index (χ3n) is 13.7. The van der Waals surface area contributed by atoms with E-state index in [0.717, 1.165) is 64.2 Å². The third-order valence-corrected chi connectivity index (χ3v) is 13.7. The van der Waals surface area contributed by atoms with Crippen molar-refractivity contribution in [2.75, 3.05) is 13.2 Å². The predicted octanol–water partition coefficient (Wildman–Crippen LogP) is 18.2. The van der Waals surface area contributed by atoms with Crippen molar-refractivity contribution in [1.29, 1.82) is 0 Å². The van der Waals surface area contributed by atoms with E-state index in [-0.39, 0.29) is 18.5 Å². The first kappa shape index (κ1) is 64.3. The van der Waals surface area contributed by atoms with Gasteiger partial charge in [0.2, 0.25) is 5.91 Å². The van der Waals surface area contributed by atoms with Crippen LogP contribution in [0.4, 0.5) is 0 Å². The van der Waals surface area contributed by atoms with E-state index in [9.17, 15) is 19.8 Å². The minimum Gasteiger partial charge on any atom is -0.466 e. The molecular formula is C60H115NO5. The summed E-state index contributed by atoms with van der Waals surface area (Å²) in [5.41, 5.74) is 0. The smallest absolute Gasteiger partial charge is 0.305 e. The molecule has 390 valence electrons. The SMILES string of the molecule is CCCCC/C=C\CCCCCCCC(=O)OCCCCCCCCC/C=C\CCCCCCCC(=O)NC(CO)C(O)CCCCCCCCCCCCCCCCCCCCCCC. The molecule has 6 heteroatoms. The summed E-state index contributed by atoms with van der Waals surface area (Å²) in [5, 5.41) is 23.3. The molecule has 66 heavy (non-hydrogen) atoms. The number of carbonyl (C=O) groups excluding carboxylic acids is 2. The van der Waals surface area contributed by atoms with E-state index in [1.165, 1.54) is 225 Å². The van der Waals surface area contributed by atoms with Gasteiger partial charge in [0.1, 0.15) is 0 Å². The van der Waals surface area contributed by atoms with E-state index in [1.54, 1.807) is 0 Å². The third kappa shape index (κ3) is 51.7. The van der Waals surface area contributed by atoms with Crippen LogP contribution in [0.15, 0.2) is 24.3 Å². The van der Waals surface area contributed by atoms with Crippen molar-refractivity contribution >= 4 is 11.9 Å². The Hall–Kier alpha value is -1.66. The molecule has 0 spiro atoms. The highest BCUT2D eigenvalue weighted by atomic mass is 16.5. The molecule has 0 radical (unpaired) electrons. The maximum Gasteiger partial charge on any atom is 0.305 e. The fourth-order valence-corrected chi connectivity index (χ4v) is 9.16. The molecule has 0 bridgehead atoms. The van der Waals surface area contributed by atoms with Gasteiger partial charge in [0, 0.05) is 12.8 Å². The van der Waals surface area contributed by atoms with Gasteiger partial charge in [-0.05, 0) is 77.0 Å². The molecule has 2 unspecified atom stereocenters. The lowest BCUT2D eigenvalue weighted by Crippen LogP contribution is -2.45. The normalized spacial score (nSPS) is 12.7. The molecule has 0 rings (SSSR count). The van der Waals surface area contributed by atoms with Crippen LogP contribution in [0.1, 0.15) is 322 Å². The Bertz CT molecular complexity index is 1030. The first-order valence-electron chi connectivity index (χ1n) is 29.6. The van der Waals surface area contributed by atoms with Crippen LogP contribution >= 0.6 is 0 Å². The molecule has 0 aromatic rings. The lowest BCUT2D eigenvalue weighted by molar-refractivity contribution is -0.143. The highest BCUT2D eigenvalue weighted by molar-refractivity contribution is 5.76. The zero-order valence-electron chi connectivity index (χ0n) is 44.4. The number of rotatable bonds is 55. The summed E-state index contributed by atoms with van der Waals surface area (Å²) in [6.07, 6.45) is 67.4. The van der Waals surface area contributed by atoms with Gasteiger partial charge >= 0.3 is 5.97 Å². The van der Waals surface area contributed by atoms with Crippen LogP contribution < -0.4 is 5.32 Å². The van der Waals surface area contributed by atoms with Crippen LogP contribution in [0.2, 0.25) is 0 Å². The number of carbonyl (C=O) groups is 2. The Morgan fingerprint density at radius 1 is 0.409 bits per heavy atom. The quantitative estimate of drug-likeness (QED) is 0.0321. The van der Waals surface area contributed by atoms with E-state index < -0.39 is 12.1 Å². The summed E-state index contributed by atoms with van der Waals surface area (Å²) in [6, 6.07) is -0.554. The molecule has 6 nitrogen and oxygen atoms in total. The van der Waals surface area contributed by atoms with Crippen molar-refractivity contribution in [3.05, 3.63) is 24.3 Å². The van der Waals surface area contributed by atoms with Gasteiger partial charge in [-0.25, -0.2) is 0 Å². The average Bonchev–Trinajstić information content (AvgIpc) is 3.32. The number of hydrogen-bond acceptors (Lipinski definition) is 5. The number of aliphatic hydroxyl groups is 2. The van der Waals surface area contributed by atoms with Gasteiger partial charge in [-0.1, -0.05) is 256 Å². The Morgan fingerprint density at radius 2 is 0.712 bits per heavy atom. The number of esters is 1. The van der Waals surface area contributed by atoms with Gasteiger partial charge in [-0.2, -0.15) is 0 Å². The number of hydrogen-bond donors (Lipinski definition) is 3. The topological polar surface area (TPSA) is 95.9 Å². The molecule has 3 N–H and O–H groups in total. The summed E-state index contributed by atoms with van der Waals surface area (Å²) < 4.78 is 5.45. The lowest BCUT2D eigenvalue weighted by atomic mass is 10.0. The number of amides is 1. The zero-order valence-corrected chi connectivity index (χ0v) is 44.4. The summed E-state index contributed by atoms with van der Waals surface area (Å²) >= 11 is 0. The minimum absolute atomic E-state index is 0.0124. The second kappa shape index (κ2) is 55.9. The molecule has 0 aromatic heterocycles. The Labute approximate surface area is 411 Å². The van der Waals surface area contributed by atoms with E-state index in [4.69, 9.17) is 4.74 Å². The number of unbranched alkanes of at least 4 members (excludes halogenated alkanes) is 40. The van der Waals surface area contributed by atoms with Gasteiger partial charge in [-0.3, -0.25) is 9.59 Å². The number of nitrogens with one attached hydrogen (secondary N) is 1. The largest absolute Gasteiger partial charge is 0.466 e. The minimum atomic E-state index is -0.676. The van der Waals surface area contributed by atoms with Crippen LogP contribution in [0.3, 0.4) is 0 Å². The van der Waals surface area contributed by atoms with Crippen molar-refractivity contribution in [2.45, 2.75) is 334 Å². The van der Waals surface area contributed by atoms with Gasteiger partial charge in [-0.15, -0.1) is 0 Å². The highest BCUT2D eigenvalue weighted by Gasteiger charge is 2.20. The van der Waals surface area contributed by atoms with E-state index >= 15 is 0 Å². The molecule has 0 aliphatic carbocycles. The van der Waals surface area contributed by atoms with Crippen molar-refractivity contribution in [3.63, 3.8) is 0 Å². The van der Waals surface area contributed by atoms with Gasteiger partial charge in [0.25, 0.3) is 0 Å². The fourth-order valence-electron chi connectivity index (χ4n) is 9.16. The average molecular weight is 931 g/mol. The summed E-state index contributed by atoms with van der Waals surface area (Å²) in [4.78, 5) is 24.5. The van der Waals surface area contributed by atoms with Crippen molar-refractivity contribution in [3.8, 4) is 0 Å². The van der Waals surface area contributed by atoms with Crippen LogP contribution in [0, 0.1) is 0 Å². The first-order chi connectivity index (χ1) is 32.5. The molecule has 0 saturated carbocycles.